The highest BCUT2D eigenvalue weighted by atomic mass is 35.5. The first-order valence-corrected chi connectivity index (χ1v) is 5.44. The van der Waals surface area contributed by atoms with Gasteiger partial charge in [-0.05, 0) is 24.6 Å². The second kappa shape index (κ2) is 4.14. The predicted octanol–water partition coefficient (Wildman–Crippen LogP) is 2.08. The molecular weight excluding hydrogens is 226 g/mol. The van der Waals surface area contributed by atoms with Crippen molar-refractivity contribution in [3.05, 3.63) is 45.1 Å². The monoisotopic (exact) mass is 237 g/mol. The summed E-state index contributed by atoms with van der Waals surface area (Å²) in [5.74, 6) is 0.699. The Hall–Kier alpha value is -1.55. The van der Waals surface area contributed by atoms with Crippen LogP contribution < -0.4 is 5.69 Å². The first-order chi connectivity index (χ1) is 7.63. The van der Waals surface area contributed by atoms with Crippen molar-refractivity contribution in [3.8, 4) is 5.69 Å². The third kappa shape index (κ3) is 1.76. The zero-order valence-electron chi connectivity index (χ0n) is 9.12. The van der Waals surface area contributed by atoms with Crippen molar-refractivity contribution in [2.45, 2.75) is 20.3 Å². The Morgan fingerprint density at radius 1 is 1.50 bits per heavy atom. The third-order valence-electron chi connectivity index (χ3n) is 2.47. The molecule has 1 N–H and O–H groups in total. The van der Waals surface area contributed by atoms with E-state index in [0.29, 0.717) is 17.3 Å². The van der Waals surface area contributed by atoms with Gasteiger partial charge >= 0.3 is 5.69 Å². The van der Waals surface area contributed by atoms with Gasteiger partial charge < -0.3 is 0 Å². The van der Waals surface area contributed by atoms with Crippen LogP contribution in [0.3, 0.4) is 0 Å². The molecule has 0 fully saturated rings. The molecule has 1 heterocycles. The number of rotatable bonds is 2. The van der Waals surface area contributed by atoms with Crippen molar-refractivity contribution in [2.24, 2.45) is 0 Å². The van der Waals surface area contributed by atoms with Crippen molar-refractivity contribution in [3.63, 3.8) is 0 Å². The number of benzene rings is 1. The fourth-order valence-electron chi connectivity index (χ4n) is 1.55. The largest absolute Gasteiger partial charge is 0.347 e. The summed E-state index contributed by atoms with van der Waals surface area (Å²) >= 11 is 6.03. The minimum absolute atomic E-state index is 0.239. The molecule has 0 bridgehead atoms. The number of H-pyrrole nitrogens is 1. The molecule has 16 heavy (non-hydrogen) atoms. The molecule has 2 rings (SSSR count). The van der Waals surface area contributed by atoms with E-state index in [2.05, 4.69) is 10.2 Å². The average molecular weight is 238 g/mol. The van der Waals surface area contributed by atoms with Crippen molar-refractivity contribution >= 4 is 11.6 Å². The topological polar surface area (TPSA) is 50.7 Å². The fraction of sp³-hybridized carbons (Fsp3) is 0.273. The van der Waals surface area contributed by atoms with Crippen LogP contribution in [0.15, 0.2) is 23.0 Å². The van der Waals surface area contributed by atoms with Crippen LogP contribution in [0.5, 0.6) is 0 Å². The first kappa shape index (κ1) is 11.0. The molecule has 0 radical (unpaired) electrons. The van der Waals surface area contributed by atoms with Gasteiger partial charge in [0, 0.05) is 11.4 Å². The SMILES string of the molecule is CCc1n[nH]c(=O)n1-c1ccc(C)c(Cl)c1. The van der Waals surface area contributed by atoms with E-state index in [1.54, 1.807) is 6.07 Å². The van der Waals surface area contributed by atoms with E-state index in [9.17, 15) is 4.79 Å². The van der Waals surface area contributed by atoms with Gasteiger partial charge in [-0.25, -0.2) is 14.5 Å². The Balaban J connectivity index is 2.62. The molecule has 84 valence electrons. The molecule has 1 aromatic carbocycles. The Labute approximate surface area is 97.9 Å². The number of aromatic nitrogens is 3. The summed E-state index contributed by atoms with van der Waals surface area (Å²) in [6, 6.07) is 5.51. The van der Waals surface area contributed by atoms with Crippen molar-refractivity contribution < 1.29 is 0 Å². The Bertz CT molecular complexity index is 571. The maximum absolute atomic E-state index is 11.6. The van der Waals surface area contributed by atoms with Crippen LogP contribution in [0.2, 0.25) is 5.02 Å². The van der Waals surface area contributed by atoms with Gasteiger partial charge in [0.2, 0.25) is 0 Å². The summed E-state index contributed by atoms with van der Waals surface area (Å²) < 4.78 is 1.53. The van der Waals surface area contributed by atoms with Crippen LogP contribution in [0, 0.1) is 6.92 Å². The second-order valence-corrected chi connectivity index (χ2v) is 3.97. The molecule has 0 aliphatic heterocycles. The van der Waals surface area contributed by atoms with Gasteiger partial charge in [0.25, 0.3) is 0 Å². The molecule has 0 amide bonds. The van der Waals surface area contributed by atoms with Crippen LogP contribution in [0.4, 0.5) is 0 Å². The Morgan fingerprint density at radius 3 is 2.88 bits per heavy atom. The summed E-state index contributed by atoms with van der Waals surface area (Å²) in [5, 5.41) is 7.03. The smallest absolute Gasteiger partial charge is 0.247 e. The summed E-state index contributed by atoms with van der Waals surface area (Å²) in [5.41, 5.74) is 1.49. The van der Waals surface area contributed by atoms with Gasteiger partial charge in [-0.3, -0.25) is 0 Å². The van der Waals surface area contributed by atoms with Gasteiger partial charge in [-0.1, -0.05) is 24.6 Å². The fourth-order valence-corrected chi connectivity index (χ4v) is 1.73. The van der Waals surface area contributed by atoms with Crippen LogP contribution >= 0.6 is 11.6 Å². The molecule has 0 aliphatic rings. The van der Waals surface area contributed by atoms with Gasteiger partial charge in [-0.15, -0.1) is 0 Å². The van der Waals surface area contributed by atoms with E-state index in [-0.39, 0.29) is 5.69 Å². The molecule has 0 aliphatic carbocycles. The van der Waals surface area contributed by atoms with Crippen molar-refractivity contribution in [1.29, 1.82) is 0 Å². The van der Waals surface area contributed by atoms with Gasteiger partial charge in [0.1, 0.15) is 5.82 Å². The third-order valence-corrected chi connectivity index (χ3v) is 2.88. The Morgan fingerprint density at radius 2 is 2.25 bits per heavy atom. The lowest BCUT2D eigenvalue weighted by molar-refractivity contribution is 0.872. The molecule has 1 aromatic heterocycles. The maximum atomic E-state index is 11.6. The number of aromatic amines is 1. The number of aryl methyl sites for hydroxylation is 2. The highest BCUT2D eigenvalue weighted by Gasteiger charge is 2.09. The molecule has 0 atom stereocenters. The molecule has 0 spiro atoms. The normalized spacial score (nSPS) is 10.7. The summed E-state index contributed by atoms with van der Waals surface area (Å²) in [4.78, 5) is 11.6. The first-order valence-electron chi connectivity index (χ1n) is 5.06. The lowest BCUT2D eigenvalue weighted by Crippen LogP contribution is -2.16. The standard InChI is InChI=1S/C11H12ClN3O/c1-3-10-13-14-11(16)15(10)8-5-4-7(2)9(12)6-8/h4-6H,3H2,1-2H3,(H,14,16). The minimum Gasteiger partial charge on any atom is -0.247 e. The van der Waals surface area contributed by atoms with Gasteiger partial charge in [-0.2, -0.15) is 5.10 Å². The number of nitrogens with one attached hydrogen (secondary N) is 1. The number of nitrogens with zero attached hydrogens (tertiary/aromatic N) is 2. The van der Waals surface area contributed by atoms with Crippen molar-refractivity contribution in [2.75, 3.05) is 0 Å². The van der Waals surface area contributed by atoms with E-state index in [0.717, 1.165) is 11.3 Å². The van der Waals surface area contributed by atoms with Crippen LogP contribution in [0.1, 0.15) is 18.3 Å². The predicted molar refractivity (Wildman–Crippen MR) is 63.3 cm³/mol. The average Bonchev–Trinajstić information content (AvgIpc) is 2.64. The Kier molecular flexibility index (Phi) is 2.83. The van der Waals surface area contributed by atoms with E-state index >= 15 is 0 Å². The van der Waals surface area contributed by atoms with Crippen LogP contribution in [-0.2, 0) is 6.42 Å². The molecular formula is C11H12ClN3O. The molecule has 0 unspecified atom stereocenters. The zero-order valence-corrected chi connectivity index (χ0v) is 9.88. The molecule has 0 saturated carbocycles. The lowest BCUT2D eigenvalue weighted by Gasteiger charge is -2.05. The van der Waals surface area contributed by atoms with E-state index in [4.69, 9.17) is 11.6 Å². The number of halogens is 1. The molecule has 4 nitrogen and oxygen atoms in total. The lowest BCUT2D eigenvalue weighted by atomic mass is 10.2. The summed E-state index contributed by atoms with van der Waals surface area (Å²) in [6.45, 7) is 3.87. The van der Waals surface area contributed by atoms with Crippen LogP contribution in [-0.4, -0.2) is 14.8 Å². The summed E-state index contributed by atoms with van der Waals surface area (Å²) in [7, 11) is 0. The van der Waals surface area contributed by atoms with E-state index in [1.165, 1.54) is 4.57 Å². The highest BCUT2D eigenvalue weighted by Crippen LogP contribution is 2.19. The molecule has 0 saturated heterocycles. The van der Waals surface area contributed by atoms with E-state index in [1.807, 2.05) is 26.0 Å². The number of hydrogen-bond donors (Lipinski definition) is 1. The van der Waals surface area contributed by atoms with Gasteiger partial charge in [0.15, 0.2) is 0 Å². The molecule has 5 heteroatoms. The number of hydrogen-bond acceptors (Lipinski definition) is 2. The van der Waals surface area contributed by atoms with Crippen molar-refractivity contribution in [1.82, 2.24) is 14.8 Å². The van der Waals surface area contributed by atoms with Gasteiger partial charge in [0.05, 0.1) is 5.69 Å². The zero-order chi connectivity index (χ0) is 11.7. The molecule has 2 aromatic rings. The quantitative estimate of drug-likeness (QED) is 0.870. The second-order valence-electron chi connectivity index (χ2n) is 3.57. The maximum Gasteiger partial charge on any atom is 0.347 e. The van der Waals surface area contributed by atoms with Crippen LogP contribution in [0.25, 0.3) is 5.69 Å². The minimum atomic E-state index is -0.239. The van der Waals surface area contributed by atoms with E-state index < -0.39 is 0 Å². The summed E-state index contributed by atoms with van der Waals surface area (Å²) in [6.07, 6.45) is 0.685. The highest BCUT2D eigenvalue weighted by molar-refractivity contribution is 6.31.